The predicted molar refractivity (Wildman–Crippen MR) is 84.2 cm³/mol. The van der Waals surface area contributed by atoms with Gasteiger partial charge >= 0.3 is 0 Å². The van der Waals surface area contributed by atoms with Crippen molar-refractivity contribution in [2.75, 3.05) is 46.3 Å². The molecule has 2 rings (SSSR count). The highest BCUT2D eigenvalue weighted by atomic mass is 16.3. The molecule has 1 aliphatic rings. The molecule has 7 nitrogen and oxygen atoms in total. The smallest absolute Gasteiger partial charge is 0.236 e. The molecule has 1 atom stereocenters. The Labute approximate surface area is 132 Å². The van der Waals surface area contributed by atoms with Gasteiger partial charge in [0.15, 0.2) is 0 Å². The first-order valence-electron chi connectivity index (χ1n) is 7.78. The summed E-state index contributed by atoms with van der Waals surface area (Å²) in [6.45, 7) is 7.13. The Bertz CT molecular complexity index is 480. The maximum Gasteiger partial charge on any atom is 0.236 e. The number of aliphatic hydroxyl groups is 1. The zero-order valence-corrected chi connectivity index (χ0v) is 13.8. The summed E-state index contributed by atoms with van der Waals surface area (Å²) in [5, 5.41) is 13.5. The standard InChI is InChI=1S/C15H27N5O2/c1-13(21)9-19-4-6-20(7-5-19)12-15(22)17(2)10-14-8-16-18(3)11-14/h8,11,13,21H,4-7,9-10,12H2,1-3H3/t13-/m1/s1. The van der Waals surface area contributed by atoms with Crippen molar-refractivity contribution in [3.05, 3.63) is 18.0 Å². The van der Waals surface area contributed by atoms with E-state index in [4.69, 9.17) is 0 Å². The summed E-state index contributed by atoms with van der Waals surface area (Å²) in [5.41, 5.74) is 1.04. The van der Waals surface area contributed by atoms with E-state index in [9.17, 15) is 9.90 Å². The fourth-order valence-electron chi connectivity index (χ4n) is 2.73. The largest absolute Gasteiger partial charge is 0.392 e. The number of aryl methyl sites for hydroxylation is 1. The molecule has 1 N–H and O–H groups in total. The lowest BCUT2D eigenvalue weighted by molar-refractivity contribution is -0.132. The lowest BCUT2D eigenvalue weighted by Gasteiger charge is -2.35. The van der Waals surface area contributed by atoms with Crippen molar-refractivity contribution in [1.82, 2.24) is 24.5 Å². The van der Waals surface area contributed by atoms with Crippen LogP contribution in [0.1, 0.15) is 12.5 Å². The number of carbonyl (C=O) groups is 1. The van der Waals surface area contributed by atoms with Crippen LogP contribution >= 0.6 is 0 Å². The SMILES string of the molecule is C[C@@H](O)CN1CCN(CC(=O)N(C)Cc2cnn(C)c2)CC1. The number of hydrogen-bond donors (Lipinski definition) is 1. The van der Waals surface area contributed by atoms with Crippen molar-refractivity contribution in [3.63, 3.8) is 0 Å². The summed E-state index contributed by atoms with van der Waals surface area (Å²) < 4.78 is 1.75. The summed E-state index contributed by atoms with van der Waals surface area (Å²) in [5.74, 6) is 0.132. The Morgan fingerprint density at radius 1 is 1.36 bits per heavy atom. The highest BCUT2D eigenvalue weighted by Crippen LogP contribution is 2.05. The fourth-order valence-corrected chi connectivity index (χ4v) is 2.73. The summed E-state index contributed by atoms with van der Waals surface area (Å²) in [6, 6.07) is 0. The molecule has 1 fully saturated rings. The van der Waals surface area contributed by atoms with Crippen LogP contribution in [0.3, 0.4) is 0 Å². The number of likely N-dealkylation sites (N-methyl/N-ethyl adjacent to an activating group) is 1. The van der Waals surface area contributed by atoms with Gasteiger partial charge in [-0.25, -0.2) is 0 Å². The Kier molecular flexibility index (Phi) is 5.93. The number of rotatable bonds is 6. The minimum atomic E-state index is -0.293. The highest BCUT2D eigenvalue weighted by Gasteiger charge is 2.21. The zero-order valence-electron chi connectivity index (χ0n) is 13.8. The molecule has 0 radical (unpaired) electrons. The van der Waals surface area contributed by atoms with Gasteiger partial charge in [0.05, 0.1) is 18.8 Å². The molecule has 0 saturated carbocycles. The van der Waals surface area contributed by atoms with Crippen LogP contribution in [0.2, 0.25) is 0 Å². The number of carbonyl (C=O) groups excluding carboxylic acids is 1. The van der Waals surface area contributed by atoms with E-state index in [-0.39, 0.29) is 12.0 Å². The van der Waals surface area contributed by atoms with Crippen LogP contribution in [0.5, 0.6) is 0 Å². The van der Waals surface area contributed by atoms with E-state index < -0.39 is 0 Å². The Hall–Kier alpha value is -1.44. The van der Waals surface area contributed by atoms with Gasteiger partial charge in [-0.05, 0) is 6.92 Å². The van der Waals surface area contributed by atoms with Crippen molar-refractivity contribution in [2.24, 2.45) is 7.05 Å². The number of nitrogens with zero attached hydrogens (tertiary/aromatic N) is 5. The predicted octanol–water partition coefficient (Wildman–Crippen LogP) is -0.623. The minimum absolute atomic E-state index is 0.132. The van der Waals surface area contributed by atoms with Crippen LogP contribution in [0.4, 0.5) is 0 Å². The minimum Gasteiger partial charge on any atom is -0.392 e. The number of aliphatic hydroxyl groups excluding tert-OH is 1. The second-order valence-corrected chi connectivity index (χ2v) is 6.20. The van der Waals surface area contributed by atoms with Gasteiger partial charge in [-0.2, -0.15) is 5.10 Å². The van der Waals surface area contributed by atoms with Gasteiger partial charge < -0.3 is 10.0 Å². The van der Waals surface area contributed by atoms with Gasteiger partial charge in [-0.3, -0.25) is 19.3 Å². The third-order valence-electron chi connectivity index (χ3n) is 3.95. The molecule has 22 heavy (non-hydrogen) atoms. The molecule has 0 spiro atoms. The quantitative estimate of drug-likeness (QED) is 0.758. The zero-order chi connectivity index (χ0) is 16.1. The molecule has 1 amide bonds. The van der Waals surface area contributed by atoms with E-state index in [1.165, 1.54) is 0 Å². The van der Waals surface area contributed by atoms with Crippen LogP contribution in [-0.2, 0) is 18.4 Å². The fraction of sp³-hybridized carbons (Fsp3) is 0.733. The third kappa shape index (κ3) is 5.08. The van der Waals surface area contributed by atoms with Gasteiger partial charge in [0.25, 0.3) is 0 Å². The van der Waals surface area contributed by atoms with Crippen molar-refractivity contribution in [1.29, 1.82) is 0 Å². The molecule has 0 aliphatic carbocycles. The summed E-state index contributed by atoms with van der Waals surface area (Å²) in [4.78, 5) is 18.5. The summed E-state index contributed by atoms with van der Waals surface area (Å²) in [7, 11) is 3.71. The second-order valence-electron chi connectivity index (χ2n) is 6.20. The molecular weight excluding hydrogens is 282 g/mol. The van der Waals surface area contributed by atoms with Crippen molar-refractivity contribution < 1.29 is 9.90 Å². The van der Waals surface area contributed by atoms with Crippen LogP contribution in [0, 0.1) is 0 Å². The molecule has 1 aliphatic heterocycles. The van der Waals surface area contributed by atoms with Gasteiger partial charge in [0.1, 0.15) is 0 Å². The molecule has 1 saturated heterocycles. The van der Waals surface area contributed by atoms with Gasteiger partial charge in [-0.1, -0.05) is 0 Å². The molecule has 1 aromatic rings. The first kappa shape index (κ1) is 16.9. The second kappa shape index (κ2) is 7.71. The molecular formula is C15H27N5O2. The monoisotopic (exact) mass is 309 g/mol. The molecule has 0 unspecified atom stereocenters. The number of amides is 1. The maximum atomic E-state index is 12.3. The molecule has 1 aromatic heterocycles. The van der Waals surface area contributed by atoms with E-state index in [2.05, 4.69) is 14.9 Å². The van der Waals surface area contributed by atoms with Crippen molar-refractivity contribution >= 4 is 5.91 Å². The first-order valence-corrected chi connectivity index (χ1v) is 7.78. The van der Waals surface area contributed by atoms with E-state index >= 15 is 0 Å². The average Bonchev–Trinajstić information content (AvgIpc) is 2.85. The van der Waals surface area contributed by atoms with Gasteiger partial charge in [0.2, 0.25) is 5.91 Å². The Balaban J connectivity index is 1.73. The number of piperazine rings is 1. The lowest BCUT2D eigenvalue weighted by atomic mass is 10.2. The lowest BCUT2D eigenvalue weighted by Crippen LogP contribution is -2.50. The van der Waals surface area contributed by atoms with E-state index in [0.29, 0.717) is 19.6 Å². The van der Waals surface area contributed by atoms with Gasteiger partial charge in [-0.15, -0.1) is 0 Å². The third-order valence-corrected chi connectivity index (χ3v) is 3.95. The van der Waals surface area contributed by atoms with Gasteiger partial charge in [0, 0.05) is 65.1 Å². The Morgan fingerprint density at radius 3 is 2.55 bits per heavy atom. The average molecular weight is 309 g/mol. The molecule has 0 aromatic carbocycles. The van der Waals surface area contributed by atoms with E-state index in [1.807, 2.05) is 27.2 Å². The van der Waals surface area contributed by atoms with E-state index in [0.717, 1.165) is 31.7 Å². The molecule has 0 bridgehead atoms. The Morgan fingerprint density at radius 2 is 2.00 bits per heavy atom. The number of aromatic nitrogens is 2. The topological polar surface area (TPSA) is 64.8 Å². The van der Waals surface area contributed by atoms with Crippen LogP contribution < -0.4 is 0 Å². The summed E-state index contributed by atoms with van der Waals surface area (Å²) >= 11 is 0. The van der Waals surface area contributed by atoms with Crippen LogP contribution in [-0.4, -0.2) is 87.9 Å². The van der Waals surface area contributed by atoms with Crippen molar-refractivity contribution in [2.45, 2.75) is 19.6 Å². The molecule has 124 valence electrons. The number of β-amino-alcohol motifs (C(OH)–C–C–N with tert-alkyl or cyclic N) is 1. The van der Waals surface area contributed by atoms with E-state index in [1.54, 1.807) is 15.8 Å². The highest BCUT2D eigenvalue weighted by molar-refractivity contribution is 5.78. The normalized spacial score (nSPS) is 18.4. The number of hydrogen-bond acceptors (Lipinski definition) is 5. The molecule has 2 heterocycles. The first-order chi connectivity index (χ1) is 10.4. The van der Waals surface area contributed by atoms with Crippen LogP contribution in [0.15, 0.2) is 12.4 Å². The summed E-state index contributed by atoms with van der Waals surface area (Å²) in [6.07, 6.45) is 3.43. The van der Waals surface area contributed by atoms with Crippen molar-refractivity contribution in [3.8, 4) is 0 Å². The van der Waals surface area contributed by atoms with Crippen LogP contribution in [0.25, 0.3) is 0 Å². The maximum absolute atomic E-state index is 12.3. The molecule has 7 heteroatoms.